The summed E-state index contributed by atoms with van der Waals surface area (Å²) in [6, 6.07) is 5.65. The molecule has 100 valence electrons. The van der Waals surface area contributed by atoms with Gasteiger partial charge in [0.2, 0.25) is 5.91 Å². The molecule has 0 saturated heterocycles. The molecule has 19 heavy (non-hydrogen) atoms. The van der Waals surface area contributed by atoms with E-state index in [1.807, 2.05) is 0 Å². The van der Waals surface area contributed by atoms with Gasteiger partial charge in [-0.2, -0.15) is 5.10 Å². The molecule has 0 heterocycles. The molecule has 0 aliphatic rings. The number of benzene rings is 1. The molecular formula is C12H13N3O4. The van der Waals surface area contributed by atoms with Gasteiger partial charge in [-0.05, 0) is 12.5 Å². The van der Waals surface area contributed by atoms with Crippen LogP contribution in [0.1, 0.15) is 19.4 Å². The summed E-state index contributed by atoms with van der Waals surface area (Å²) < 4.78 is 0. The number of hydrogen-bond donors (Lipinski definition) is 1. The number of nitrogens with one attached hydrogen (secondary N) is 1. The van der Waals surface area contributed by atoms with Crippen LogP contribution in [0.3, 0.4) is 0 Å². The van der Waals surface area contributed by atoms with Gasteiger partial charge in [0.1, 0.15) is 5.71 Å². The number of rotatable bonds is 5. The van der Waals surface area contributed by atoms with Crippen LogP contribution < -0.4 is 5.43 Å². The summed E-state index contributed by atoms with van der Waals surface area (Å²) in [7, 11) is 0. The number of nitrogens with zero attached hydrogens (tertiary/aromatic N) is 2. The fourth-order valence-corrected chi connectivity index (χ4v) is 1.19. The number of carbonyl (C=O) groups excluding carboxylic acids is 2. The number of nitro benzene ring substituents is 1. The Kier molecular flexibility index (Phi) is 4.87. The Labute approximate surface area is 109 Å². The maximum atomic E-state index is 11.5. The average Bonchev–Trinajstić information content (AvgIpc) is 2.36. The van der Waals surface area contributed by atoms with Crippen molar-refractivity contribution in [1.29, 1.82) is 0 Å². The molecule has 7 heteroatoms. The molecule has 1 aromatic rings. The van der Waals surface area contributed by atoms with Crippen LogP contribution in [-0.4, -0.2) is 22.3 Å². The molecule has 0 bridgehead atoms. The van der Waals surface area contributed by atoms with Crippen molar-refractivity contribution in [3.8, 4) is 0 Å². The molecule has 0 fully saturated rings. The average molecular weight is 263 g/mol. The third-order valence-electron chi connectivity index (χ3n) is 2.37. The van der Waals surface area contributed by atoms with Crippen molar-refractivity contribution in [2.75, 3.05) is 0 Å². The Balaban J connectivity index is 2.60. The molecule has 0 atom stereocenters. The minimum atomic E-state index is -0.510. The lowest BCUT2D eigenvalue weighted by atomic mass is 10.1. The third kappa shape index (κ3) is 4.66. The van der Waals surface area contributed by atoms with E-state index in [2.05, 4.69) is 10.5 Å². The van der Waals surface area contributed by atoms with E-state index in [4.69, 9.17) is 0 Å². The number of nitro groups is 1. The molecule has 0 unspecified atom stereocenters. The number of carbonyl (C=O) groups is 2. The SMILES string of the molecule is CC(=O)C(C)=NNC(=O)Cc1ccc([N+](=O)[O-])cc1. The van der Waals surface area contributed by atoms with Crippen molar-refractivity contribution in [2.24, 2.45) is 5.10 Å². The summed E-state index contributed by atoms with van der Waals surface area (Å²) in [5, 5.41) is 14.1. The zero-order valence-corrected chi connectivity index (χ0v) is 10.5. The molecule has 1 rings (SSSR count). The summed E-state index contributed by atoms with van der Waals surface area (Å²) in [4.78, 5) is 32.3. The Morgan fingerprint density at radius 2 is 1.84 bits per heavy atom. The zero-order valence-electron chi connectivity index (χ0n) is 10.5. The Morgan fingerprint density at radius 1 is 1.26 bits per heavy atom. The minimum absolute atomic E-state index is 0.0328. The monoisotopic (exact) mass is 263 g/mol. The Hall–Kier alpha value is -2.57. The fourth-order valence-electron chi connectivity index (χ4n) is 1.19. The van der Waals surface area contributed by atoms with Gasteiger partial charge in [-0.25, -0.2) is 5.43 Å². The zero-order chi connectivity index (χ0) is 14.4. The third-order valence-corrected chi connectivity index (χ3v) is 2.37. The molecule has 0 spiro atoms. The molecule has 1 aromatic carbocycles. The molecule has 0 radical (unpaired) electrons. The van der Waals surface area contributed by atoms with Crippen molar-refractivity contribution in [3.05, 3.63) is 39.9 Å². The lowest BCUT2D eigenvalue weighted by Crippen LogP contribution is -2.22. The van der Waals surface area contributed by atoms with E-state index in [1.54, 1.807) is 0 Å². The summed E-state index contributed by atoms with van der Waals surface area (Å²) in [5.41, 5.74) is 3.04. The molecule has 1 amide bonds. The predicted molar refractivity (Wildman–Crippen MR) is 68.7 cm³/mol. The van der Waals surface area contributed by atoms with Crippen LogP contribution in [0.5, 0.6) is 0 Å². The number of Topliss-reactive ketones (excluding diaryl/α,β-unsaturated/α-hetero) is 1. The molecular weight excluding hydrogens is 250 g/mol. The van der Waals surface area contributed by atoms with Crippen LogP contribution in [0.25, 0.3) is 0 Å². The van der Waals surface area contributed by atoms with Gasteiger partial charge in [-0.15, -0.1) is 0 Å². The van der Waals surface area contributed by atoms with Crippen LogP contribution in [0, 0.1) is 10.1 Å². The smallest absolute Gasteiger partial charge is 0.269 e. The van der Waals surface area contributed by atoms with E-state index in [-0.39, 0.29) is 23.6 Å². The number of hydrogen-bond acceptors (Lipinski definition) is 5. The maximum absolute atomic E-state index is 11.5. The van der Waals surface area contributed by atoms with Crippen LogP contribution in [0.4, 0.5) is 5.69 Å². The summed E-state index contributed by atoms with van der Waals surface area (Å²) in [6.45, 7) is 2.84. The van der Waals surface area contributed by atoms with Crippen LogP contribution in [0.2, 0.25) is 0 Å². The standard InChI is InChI=1S/C12H13N3O4/c1-8(9(2)16)13-14-12(17)7-10-3-5-11(6-4-10)15(18)19/h3-6H,7H2,1-2H3,(H,14,17). The number of amides is 1. The maximum Gasteiger partial charge on any atom is 0.269 e. The second kappa shape index (κ2) is 6.39. The molecule has 0 aliphatic heterocycles. The van der Waals surface area contributed by atoms with E-state index in [0.717, 1.165) is 0 Å². The van der Waals surface area contributed by atoms with E-state index >= 15 is 0 Å². The first kappa shape index (κ1) is 14.5. The van der Waals surface area contributed by atoms with Gasteiger partial charge in [0.15, 0.2) is 5.78 Å². The van der Waals surface area contributed by atoms with Gasteiger partial charge < -0.3 is 0 Å². The van der Waals surface area contributed by atoms with Crippen LogP contribution in [0.15, 0.2) is 29.4 Å². The predicted octanol–water partition coefficient (Wildman–Crippen LogP) is 1.22. The van der Waals surface area contributed by atoms with Crippen molar-refractivity contribution in [2.45, 2.75) is 20.3 Å². The van der Waals surface area contributed by atoms with Gasteiger partial charge in [0, 0.05) is 19.1 Å². The van der Waals surface area contributed by atoms with E-state index in [9.17, 15) is 19.7 Å². The van der Waals surface area contributed by atoms with Crippen LogP contribution in [-0.2, 0) is 16.0 Å². The second-order valence-electron chi connectivity index (χ2n) is 3.89. The van der Waals surface area contributed by atoms with Gasteiger partial charge in [-0.3, -0.25) is 19.7 Å². The lowest BCUT2D eigenvalue weighted by Gasteiger charge is -2.01. The molecule has 0 aliphatic carbocycles. The summed E-state index contributed by atoms with van der Waals surface area (Å²) in [5.74, 6) is -0.620. The van der Waals surface area contributed by atoms with Crippen molar-refractivity contribution >= 4 is 23.1 Å². The minimum Gasteiger partial charge on any atom is -0.293 e. The number of hydrazone groups is 1. The van der Waals surface area contributed by atoms with E-state index in [1.165, 1.54) is 38.1 Å². The largest absolute Gasteiger partial charge is 0.293 e. The highest BCUT2D eigenvalue weighted by Crippen LogP contribution is 2.12. The Morgan fingerprint density at radius 3 is 2.32 bits per heavy atom. The van der Waals surface area contributed by atoms with Crippen molar-refractivity contribution < 1.29 is 14.5 Å². The highest BCUT2D eigenvalue weighted by molar-refractivity contribution is 6.38. The first-order valence-electron chi connectivity index (χ1n) is 5.47. The van der Waals surface area contributed by atoms with Crippen molar-refractivity contribution in [1.82, 2.24) is 5.43 Å². The number of non-ortho nitro benzene ring substituents is 1. The fraction of sp³-hybridized carbons (Fsp3) is 0.250. The normalized spacial score (nSPS) is 10.9. The first-order valence-corrected chi connectivity index (χ1v) is 5.47. The number of ketones is 1. The van der Waals surface area contributed by atoms with Crippen LogP contribution >= 0.6 is 0 Å². The molecule has 0 aromatic heterocycles. The van der Waals surface area contributed by atoms with E-state index in [0.29, 0.717) is 5.56 Å². The highest BCUT2D eigenvalue weighted by atomic mass is 16.6. The summed E-state index contributed by atoms with van der Waals surface area (Å²) in [6.07, 6.45) is 0.0344. The second-order valence-corrected chi connectivity index (χ2v) is 3.89. The molecule has 7 nitrogen and oxygen atoms in total. The topological polar surface area (TPSA) is 102 Å². The Bertz CT molecular complexity index is 534. The van der Waals surface area contributed by atoms with Gasteiger partial charge in [-0.1, -0.05) is 12.1 Å². The molecule has 0 saturated carbocycles. The van der Waals surface area contributed by atoms with Gasteiger partial charge in [0.05, 0.1) is 11.3 Å². The highest BCUT2D eigenvalue weighted by Gasteiger charge is 2.07. The van der Waals surface area contributed by atoms with Crippen molar-refractivity contribution in [3.63, 3.8) is 0 Å². The summed E-state index contributed by atoms with van der Waals surface area (Å²) >= 11 is 0. The quantitative estimate of drug-likeness (QED) is 0.490. The molecule has 1 N–H and O–H groups in total. The lowest BCUT2D eigenvalue weighted by molar-refractivity contribution is -0.384. The first-order chi connectivity index (χ1) is 8.90. The van der Waals surface area contributed by atoms with E-state index < -0.39 is 10.8 Å². The van der Waals surface area contributed by atoms with Gasteiger partial charge in [0.25, 0.3) is 5.69 Å². The van der Waals surface area contributed by atoms with Gasteiger partial charge >= 0.3 is 0 Å².